The zero-order valence-corrected chi connectivity index (χ0v) is 14.7. The molecule has 3 N–H and O–H groups in total. The second-order valence-corrected chi connectivity index (χ2v) is 8.34. The molecule has 8 heteroatoms. The van der Waals surface area contributed by atoms with Gasteiger partial charge in [0, 0.05) is 16.9 Å². The van der Waals surface area contributed by atoms with Crippen molar-refractivity contribution in [3.05, 3.63) is 22.9 Å². The van der Waals surface area contributed by atoms with Crippen molar-refractivity contribution in [3.8, 4) is 0 Å². The normalized spacial score (nSPS) is 18.9. The van der Waals surface area contributed by atoms with Gasteiger partial charge in [-0.3, -0.25) is 4.98 Å². The fraction of sp³-hybridized carbons (Fsp3) is 0.538. The van der Waals surface area contributed by atoms with E-state index < -0.39 is 15.6 Å². The van der Waals surface area contributed by atoms with Gasteiger partial charge in [-0.25, -0.2) is 8.42 Å². The first-order valence-corrected chi connectivity index (χ1v) is 9.49. The Kier molecular flexibility index (Phi) is 5.34. The second kappa shape index (κ2) is 6.68. The number of aromatic nitrogens is 1. The van der Waals surface area contributed by atoms with E-state index in [-0.39, 0.29) is 9.88 Å². The monoisotopic (exact) mass is 391 g/mol. The molecular weight excluding hydrogens is 374 g/mol. The summed E-state index contributed by atoms with van der Waals surface area (Å²) in [5, 5.41) is 0. The van der Waals surface area contributed by atoms with E-state index in [0.717, 1.165) is 25.7 Å². The molecule has 1 fully saturated rings. The SMILES string of the molecule is NC(=S)C1(NS(=O)(=O)c2cncc(Br)c2)CCCCCC1. The Morgan fingerprint density at radius 1 is 1.29 bits per heavy atom. The van der Waals surface area contributed by atoms with Crippen molar-refractivity contribution < 1.29 is 8.42 Å². The molecule has 0 radical (unpaired) electrons. The van der Waals surface area contributed by atoms with Gasteiger partial charge in [0.25, 0.3) is 0 Å². The number of nitrogens with two attached hydrogens (primary N) is 1. The van der Waals surface area contributed by atoms with Gasteiger partial charge in [-0.15, -0.1) is 0 Å². The van der Waals surface area contributed by atoms with Gasteiger partial charge in [0.2, 0.25) is 10.0 Å². The molecule has 0 bridgehead atoms. The van der Waals surface area contributed by atoms with Crippen LogP contribution in [0, 0.1) is 0 Å². The van der Waals surface area contributed by atoms with E-state index in [1.165, 1.54) is 18.5 Å². The lowest BCUT2D eigenvalue weighted by Gasteiger charge is -2.32. The fourth-order valence-corrected chi connectivity index (χ4v) is 4.85. The van der Waals surface area contributed by atoms with Crippen LogP contribution in [0.3, 0.4) is 0 Å². The molecule has 2 rings (SSSR count). The van der Waals surface area contributed by atoms with E-state index in [0.29, 0.717) is 17.3 Å². The van der Waals surface area contributed by atoms with Crippen molar-refractivity contribution in [2.45, 2.75) is 49.0 Å². The van der Waals surface area contributed by atoms with Crippen LogP contribution in [0.5, 0.6) is 0 Å². The molecule has 0 aromatic carbocycles. The quantitative estimate of drug-likeness (QED) is 0.608. The number of halogens is 1. The summed E-state index contributed by atoms with van der Waals surface area (Å²) in [4.78, 5) is 4.23. The Balaban J connectivity index is 2.33. The maximum atomic E-state index is 12.6. The number of sulfonamides is 1. The lowest BCUT2D eigenvalue weighted by molar-refractivity contribution is 0.441. The van der Waals surface area contributed by atoms with E-state index in [4.69, 9.17) is 18.0 Å². The number of nitrogens with one attached hydrogen (secondary N) is 1. The molecule has 1 heterocycles. The molecule has 1 aliphatic rings. The van der Waals surface area contributed by atoms with Crippen molar-refractivity contribution in [3.63, 3.8) is 0 Å². The van der Waals surface area contributed by atoms with Crippen LogP contribution in [0.2, 0.25) is 0 Å². The number of hydrogen-bond donors (Lipinski definition) is 2. The summed E-state index contributed by atoms with van der Waals surface area (Å²) in [6, 6.07) is 1.51. The van der Waals surface area contributed by atoms with Gasteiger partial charge in [0.15, 0.2) is 0 Å². The molecule has 1 saturated carbocycles. The van der Waals surface area contributed by atoms with Gasteiger partial charge in [0.1, 0.15) is 4.90 Å². The number of pyridine rings is 1. The standard InChI is InChI=1S/C13H18BrN3O2S2/c14-10-7-11(9-16-8-10)21(18,19)17-13(12(15)20)5-3-1-2-4-6-13/h7-9,17H,1-6H2,(H2,15,20). The largest absolute Gasteiger partial charge is 0.392 e. The highest BCUT2D eigenvalue weighted by molar-refractivity contribution is 9.10. The third-order valence-corrected chi connectivity index (χ3v) is 6.08. The maximum Gasteiger partial charge on any atom is 0.243 e. The van der Waals surface area contributed by atoms with Crippen molar-refractivity contribution in [1.29, 1.82) is 0 Å². The molecule has 5 nitrogen and oxygen atoms in total. The first kappa shape index (κ1) is 16.8. The highest BCUT2D eigenvalue weighted by atomic mass is 79.9. The summed E-state index contributed by atoms with van der Waals surface area (Å²) in [7, 11) is -3.71. The first-order valence-electron chi connectivity index (χ1n) is 6.80. The van der Waals surface area contributed by atoms with Gasteiger partial charge in [-0.1, -0.05) is 37.9 Å². The van der Waals surface area contributed by atoms with Gasteiger partial charge in [-0.05, 0) is 34.8 Å². The number of hydrogen-bond acceptors (Lipinski definition) is 4. The maximum absolute atomic E-state index is 12.6. The van der Waals surface area contributed by atoms with E-state index in [1.807, 2.05) is 0 Å². The first-order chi connectivity index (χ1) is 9.86. The summed E-state index contributed by atoms with van der Waals surface area (Å²) in [6.45, 7) is 0. The molecule has 1 aromatic rings. The van der Waals surface area contributed by atoms with Crippen LogP contribution in [-0.2, 0) is 10.0 Å². The molecule has 0 saturated heterocycles. The van der Waals surface area contributed by atoms with Crippen LogP contribution in [0.4, 0.5) is 0 Å². The van der Waals surface area contributed by atoms with Crippen LogP contribution >= 0.6 is 28.1 Å². The molecular formula is C13H18BrN3O2S2. The minimum atomic E-state index is -3.71. The third-order valence-electron chi connectivity index (χ3n) is 3.75. The molecule has 0 atom stereocenters. The number of nitrogens with zero attached hydrogens (tertiary/aromatic N) is 1. The van der Waals surface area contributed by atoms with Crippen LogP contribution in [0.25, 0.3) is 0 Å². The topological polar surface area (TPSA) is 85.1 Å². The van der Waals surface area contributed by atoms with E-state index >= 15 is 0 Å². The molecule has 0 aliphatic heterocycles. The molecule has 116 valence electrons. The van der Waals surface area contributed by atoms with E-state index in [9.17, 15) is 8.42 Å². The van der Waals surface area contributed by atoms with Crippen LogP contribution in [0.15, 0.2) is 27.8 Å². The highest BCUT2D eigenvalue weighted by Crippen LogP contribution is 2.29. The van der Waals surface area contributed by atoms with Gasteiger partial charge < -0.3 is 5.73 Å². The summed E-state index contributed by atoms with van der Waals surface area (Å²) >= 11 is 8.39. The van der Waals surface area contributed by atoms with Crippen LogP contribution in [0.1, 0.15) is 38.5 Å². The van der Waals surface area contributed by atoms with Crippen molar-refractivity contribution >= 4 is 43.2 Å². The summed E-state index contributed by atoms with van der Waals surface area (Å²) in [6.07, 6.45) is 8.11. The van der Waals surface area contributed by atoms with Gasteiger partial charge in [-0.2, -0.15) is 4.72 Å². The number of thiocarbonyl (C=S) groups is 1. The Morgan fingerprint density at radius 2 is 1.90 bits per heavy atom. The predicted molar refractivity (Wildman–Crippen MR) is 89.5 cm³/mol. The highest BCUT2D eigenvalue weighted by Gasteiger charge is 2.38. The van der Waals surface area contributed by atoms with Crippen LogP contribution in [-0.4, -0.2) is 23.9 Å². The average Bonchev–Trinajstić information content (AvgIpc) is 2.65. The van der Waals surface area contributed by atoms with Gasteiger partial charge in [0.05, 0.1) is 10.5 Å². The molecule has 1 aliphatic carbocycles. The molecule has 1 aromatic heterocycles. The molecule has 0 unspecified atom stereocenters. The van der Waals surface area contributed by atoms with Crippen molar-refractivity contribution in [1.82, 2.24) is 9.71 Å². The van der Waals surface area contributed by atoms with E-state index in [2.05, 4.69) is 25.6 Å². The Morgan fingerprint density at radius 3 is 2.43 bits per heavy atom. The lowest BCUT2D eigenvalue weighted by Crippen LogP contribution is -2.56. The Bertz CT molecular complexity index is 626. The Labute approximate surface area is 138 Å². The zero-order chi connectivity index (χ0) is 15.5. The second-order valence-electron chi connectivity index (χ2n) is 5.30. The average molecular weight is 392 g/mol. The number of rotatable bonds is 4. The van der Waals surface area contributed by atoms with Crippen molar-refractivity contribution in [2.24, 2.45) is 5.73 Å². The summed E-state index contributed by atoms with van der Waals surface area (Å²) in [5.41, 5.74) is 5.04. The predicted octanol–water partition coefficient (Wildman–Crippen LogP) is 2.50. The fourth-order valence-electron chi connectivity index (χ4n) is 2.59. The minimum Gasteiger partial charge on any atom is -0.392 e. The third kappa shape index (κ3) is 4.00. The lowest BCUT2D eigenvalue weighted by atomic mass is 9.91. The Hall–Kier alpha value is -0.570. The smallest absolute Gasteiger partial charge is 0.243 e. The van der Waals surface area contributed by atoms with Crippen molar-refractivity contribution in [2.75, 3.05) is 0 Å². The van der Waals surface area contributed by atoms with E-state index in [1.54, 1.807) is 0 Å². The summed E-state index contributed by atoms with van der Waals surface area (Å²) in [5.74, 6) is 0. The van der Waals surface area contributed by atoms with Crippen LogP contribution < -0.4 is 10.5 Å². The molecule has 0 amide bonds. The molecule has 0 spiro atoms. The summed E-state index contributed by atoms with van der Waals surface area (Å²) < 4.78 is 28.5. The zero-order valence-electron chi connectivity index (χ0n) is 11.5. The molecule has 21 heavy (non-hydrogen) atoms. The minimum absolute atomic E-state index is 0.108. The van der Waals surface area contributed by atoms with Gasteiger partial charge >= 0.3 is 0 Å².